The Bertz CT molecular complexity index is 117. The molecule has 0 saturated heterocycles. The Labute approximate surface area is 53.0 Å². The first-order valence-corrected chi connectivity index (χ1v) is 2.55. The van der Waals surface area contributed by atoms with E-state index in [2.05, 4.69) is 0 Å². The van der Waals surface area contributed by atoms with Gasteiger partial charge in [-0.1, -0.05) is 6.08 Å². The molecule has 0 aliphatic carbocycles. The second-order valence-corrected chi connectivity index (χ2v) is 1.50. The largest absolute Gasteiger partial charge is 0.385 e. The lowest BCUT2D eigenvalue weighted by Gasteiger charge is -1.92. The van der Waals surface area contributed by atoms with Gasteiger partial charge in [0.05, 0.1) is 0 Å². The van der Waals surface area contributed by atoms with Crippen LogP contribution in [0.2, 0.25) is 0 Å². The van der Waals surface area contributed by atoms with Gasteiger partial charge in [-0.15, -0.1) is 0 Å². The van der Waals surface area contributed by atoms with Crippen molar-refractivity contribution in [1.29, 1.82) is 0 Å². The molecular formula is C6H8O3. The van der Waals surface area contributed by atoms with Gasteiger partial charge in [-0.2, -0.15) is 0 Å². The molecule has 0 aliphatic rings. The number of rotatable bonds is 4. The average molecular weight is 128 g/mol. The van der Waals surface area contributed by atoms with Crippen molar-refractivity contribution in [3.8, 4) is 0 Å². The third kappa shape index (κ3) is 4.90. The third-order valence-electron chi connectivity index (χ3n) is 0.749. The normalized spacial score (nSPS) is 13.4. The maximum Gasteiger partial charge on any atom is 0.148 e. The smallest absolute Gasteiger partial charge is 0.148 e. The Morgan fingerprint density at radius 2 is 2.11 bits per heavy atom. The molecule has 0 aromatic heterocycles. The number of allylic oxidation sites excluding steroid dienone is 1. The van der Waals surface area contributed by atoms with Gasteiger partial charge in [-0.25, -0.2) is 0 Å². The molecule has 3 nitrogen and oxygen atoms in total. The quantitative estimate of drug-likeness (QED) is 0.417. The van der Waals surface area contributed by atoms with E-state index in [0.29, 0.717) is 12.6 Å². The summed E-state index contributed by atoms with van der Waals surface area (Å²) < 4.78 is 0. The molecule has 0 spiro atoms. The molecule has 0 bridgehead atoms. The molecule has 0 aromatic carbocycles. The van der Waals surface area contributed by atoms with Gasteiger partial charge in [0.25, 0.3) is 0 Å². The predicted octanol–water partition coefficient (Wildman–Crippen LogP) is -0.309. The van der Waals surface area contributed by atoms with Gasteiger partial charge in [0, 0.05) is 0 Å². The highest BCUT2D eigenvalue weighted by atomic mass is 16.3. The van der Waals surface area contributed by atoms with Crippen molar-refractivity contribution >= 4 is 12.6 Å². The number of aliphatic hydroxyl groups is 1. The first-order valence-electron chi connectivity index (χ1n) is 2.55. The summed E-state index contributed by atoms with van der Waals surface area (Å²) in [6.07, 6.45) is 2.94. The van der Waals surface area contributed by atoms with Crippen molar-refractivity contribution in [1.82, 2.24) is 0 Å². The zero-order valence-electron chi connectivity index (χ0n) is 4.86. The number of aliphatic hydroxyl groups excluding tert-OH is 1. The minimum atomic E-state index is -0.971. The van der Waals surface area contributed by atoms with Crippen LogP contribution < -0.4 is 0 Å². The van der Waals surface area contributed by atoms with E-state index in [4.69, 9.17) is 5.11 Å². The van der Waals surface area contributed by atoms with Crippen molar-refractivity contribution in [3.63, 3.8) is 0 Å². The second-order valence-electron chi connectivity index (χ2n) is 1.50. The molecule has 1 unspecified atom stereocenters. The van der Waals surface area contributed by atoms with Gasteiger partial charge in [0.2, 0.25) is 0 Å². The molecule has 0 fully saturated rings. The lowest BCUT2D eigenvalue weighted by Crippen LogP contribution is -2.04. The summed E-state index contributed by atoms with van der Waals surface area (Å²) >= 11 is 0. The van der Waals surface area contributed by atoms with Gasteiger partial charge in [0.1, 0.15) is 18.7 Å². The maximum atomic E-state index is 9.73. The van der Waals surface area contributed by atoms with Crippen LogP contribution in [0, 0.1) is 0 Å². The van der Waals surface area contributed by atoms with Crippen molar-refractivity contribution in [2.45, 2.75) is 12.5 Å². The molecule has 0 aromatic rings. The fourth-order valence-electron chi connectivity index (χ4n) is 0.329. The van der Waals surface area contributed by atoms with Gasteiger partial charge >= 0.3 is 0 Å². The molecule has 0 radical (unpaired) electrons. The van der Waals surface area contributed by atoms with Crippen LogP contribution in [0.25, 0.3) is 0 Å². The molecule has 1 atom stereocenters. The molecule has 0 rings (SSSR count). The topological polar surface area (TPSA) is 54.4 Å². The SMILES string of the molecule is O=C/C=C/CC(O)C=O. The first-order chi connectivity index (χ1) is 4.31. The van der Waals surface area contributed by atoms with Crippen LogP contribution in [0.4, 0.5) is 0 Å². The van der Waals surface area contributed by atoms with Crippen molar-refractivity contribution < 1.29 is 14.7 Å². The summed E-state index contributed by atoms with van der Waals surface area (Å²) in [5.74, 6) is 0. The monoisotopic (exact) mass is 128 g/mol. The number of hydrogen-bond acceptors (Lipinski definition) is 3. The Morgan fingerprint density at radius 3 is 2.56 bits per heavy atom. The summed E-state index contributed by atoms with van der Waals surface area (Å²) in [5.41, 5.74) is 0. The van der Waals surface area contributed by atoms with Crippen LogP contribution in [-0.2, 0) is 9.59 Å². The lowest BCUT2D eigenvalue weighted by molar-refractivity contribution is -0.114. The first kappa shape index (κ1) is 8.04. The van der Waals surface area contributed by atoms with E-state index < -0.39 is 6.10 Å². The van der Waals surface area contributed by atoms with E-state index in [1.807, 2.05) is 0 Å². The fourth-order valence-corrected chi connectivity index (χ4v) is 0.329. The fraction of sp³-hybridized carbons (Fsp3) is 0.333. The highest BCUT2D eigenvalue weighted by molar-refractivity contribution is 5.65. The summed E-state index contributed by atoms with van der Waals surface area (Å²) in [5, 5.41) is 8.55. The van der Waals surface area contributed by atoms with E-state index in [9.17, 15) is 9.59 Å². The summed E-state index contributed by atoms with van der Waals surface area (Å²) in [6, 6.07) is 0. The second kappa shape index (κ2) is 5.18. The molecule has 0 aliphatic heterocycles. The van der Waals surface area contributed by atoms with Crippen LogP contribution >= 0.6 is 0 Å². The van der Waals surface area contributed by atoms with Crippen molar-refractivity contribution in [3.05, 3.63) is 12.2 Å². The van der Waals surface area contributed by atoms with E-state index >= 15 is 0 Å². The molecule has 1 N–H and O–H groups in total. The van der Waals surface area contributed by atoms with Gasteiger partial charge in [-0.3, -0.25) is 4.79 Å². The summed E-state index contributed by atoms with van der Waals surface area (Å²) in [6.45, 7) is 0. The van der Waals surface area contributed by atoms with Crippen LogP contribution in [0.15, 0.2) is 12.2 Å². The lowest BCUT2D eigenvalue weighted by atomic mass is 10.3. The minimum Gasteiger partial charge on any atom is -0.385 e. The standard InChI is InChI=1S/C6H8O3/c7-4-2-1-3-6(9)5-8/h1-2,4-6,9H,3H2/b2-1+. The third-order valence-corrected chi connectivity index (χ3v) is 0.749. The van der Waals surface area contributed by atoms with Crippen LogP contribution in [0.5, 0.6) is 0 Å². The average Bonchev–Trinajstić information content (AvgIpc) is 1.89. The molecular weight excluding hydrogens is 120 g/mol. The van der Waals surface area contributed by atoms with Gasteiger partial charge in [-0.05, 0) is 12.5 Å². The molecule has 0 saturated carbocycles. The molecule has 0 amide bonds. The zero-order chi connectivity index (χ0) is 7.11. The van der Waals surface area contributed by atoms with Gasteiger partial charge < -0.3 is 9.90 Å². The number of carbonyl (C=O) groups is 2. The van der Waals surface area contributed by atoms with Crippen molar-refractivity contribution in [2.24, 2.45) is 0 Å². The number of carbonyl (C=O) groups excluding carboxylic acids is 2. The molecule has 9 heavy (non-hydrogen) atoms. The Morgan fingerprint density at radius 1 is 1.44 bits per heavy atom. The number of hydrogen-bond donors (Lipinski definition) is 1. The Kier molecular flexibility index (Phi) is 4.63. The van der Waals surface area contributed by atoms with E-state index in [1.165, 1.54) is 12.2 Å². The summed E-state index contributed by atoms with van der Waals surface area (Å²) in [4.78, 5) is 19.3. The van der Waals surface area contributed by atoms with Gasteiger partial charge in [0.15, 0.2) is 0 Å². The molecule has 0 heterocycles. The molecule has 3 heteroatoms. The summed E-state index contributed by atoms with van der Waals surface area (Å²) in [7, 11) is 0. The maximum absolute atomic E-state index is 9.73. The Balaban J connectivity index is 3.36. The van der Waals surface area contributed by atoms with E-state index in [0.717, 1.165) is 0 Å². The zero-order valence-corrected chi connectivity index (χ0v) is 4.86. The molecule has 50 valence electrons. The van der Waals surface area contributed by atoms with Crippen LogP contribution in [-0.4, -0.2) is 23.8 Å². The number of aldehydes is 2. The van der Waals surface area contributed by atoms with Crippen LogP contribution in [0.3, 0.4) is 0 Å². The van der Waals surface area contributed by atoms with Crippen molar-refractivity contribution in [2.75, 3.05) is 0 Å². The highest BCUT2D eigenvalue weighted by Crippen LogP contribution is 1.86. The van der Waals surface area contributed by atoms with Crippen LogP contribution in [0.1, 0.15) is 6.42 Å². The predicted molar refractivity (Wildman–Crippen MR) is 31.9 cm³/mol. The Hall–Kier alpha value is -0.960. The van der Waals surface area contributed by atoms with E-state index in [1.54, 1.807) is 0 Å². The van der Waals surface area contributed by atoms with E-state index in [-0.39, 0.29) is 6.42 Å². The minimum absolute atomic E-state index is 0.211. The highest BCUT2D eigenvalue weighted by Gasteiger charge is 1.94.